The highest BCUT2D eigenvalue weighted by atomic mass is 15.3. The predicted molar refractivity (Wildman–Crippen MR) is 136 cm³/mol. The van der Waals surface area contributed by atoms with Gasteiger partial charge in [0.05, 0.1) is 41.0 Å². The van der Waals surface area contributed by atoms with Crippen LogP contribution in [0.5, 0.6) is 0 Å². The number of nitrogens with two attached hydrogens (primary N) is 1. The lowest BCUT2D eigenvalue weighted by Gasteiger charge is -2.37. The maximum absolute atomic E-state index is 5.94. The van der Waals surface area contributed by atoms with E-state index in [0.29, 0.717) is 0 Å². The minimum atomic E-state index is 0.199. The Morgan fingerprint density at radius 1 is 0.886 bits per heavy atom. The fourth-order valence-corrected chi connectivity index (χ4v) is 5.12. The quantitative estimate of drug-likeness (QED) is 0.369. The summed E-state index contributed by atoms with van der Waals surface area (Å²) < 4.78 is 0. The highest BCUT2D eigenvalue weighted by Crippen LogP contribution is 2.34. The molecule has 0 unspecified atom stereocenters. The number of hydrogen-bond acceptors (Lipinski definition) is 8. The highest BCUT2D eigenvalue weighted by Gasteiger charge is 2.25. The number of nitrogens with one attached hydrogen (secondary N) is 2. The van der Waals surface area contributed by atoms with Gasteiger partial charge in [0.2, 0.25) is 0 Å². The van der Waals surface area contributed by atoms with Crippen LogP contribution in [0.2, 0.25) is 0 Å². The lowest BCUT2D eigenvalue weighted by Crippen LogP contribution is -2.56. The van der Waals surface area contributed by atoms with Crippen molar-refractivity contribution in [1.82, 2.24) is 35.1 Å². The van der Waals surface area contributed by atoms with Gasteiger partial charge in [-0.05, 0) is 37.5 Å². The molecule has 35 heavy (non-hydrogen) atoms. The summed E-state index contributed by atoms with van der Waals surface area (Å²) in [5, 5.41) is 9.85. The zero-order valence-electron chi connectivity index (χ0n) is 19.3. The number of piperidine rings is 1. The normalized spacial score (nSPS) is 16.8. The molecule has 0 saturated carbocycles. The third kappa shape index (κ3) is 3.48. The van der Waals surface area contributed by atoms with Gasteiger partial charge in [0.25, 0.3) is 0 Å². The molecule has 176 valence electrons. The molecule has 2 aliphatic heterocycles. The summed E-state index contributed by atoms with van der Waals surface area (Å²) >= 11 is 0. The van der Waals surface area contributed by atoms with E-state index >= 15 is 0 Å². The van der Waals surface area contributed by atoms with Crippen molar-refractivity contribution < 1.29 is 0 Å². The number of fused-ring (bicyclic) bond motifs is 2. The van der Waals surface area contributed by atoms with E-state index in [1.807, 2.05) is 18.3 Å². The summed E-state index contributed by atoms with van der Waals surface area (Å²) in [5.41, 5.74) is 11.1. The maximum Gasteiger partial charge on any atom is 0.147 e. The van der Waals surface area contributed by atoms with Gasteiger partial charge in [0.1, 0.15) is 23.0 Å². The average molecular weight is 467 g/mol. The number of rotatable bonds is 4. The SMILES string of the molecule is NC1CN(c2cncc(-c3cc4c(-c5cc6c(N7CCCCC7)nccc6[nH]5)n[nH]c4cn3)n2)C1. The molecular weight excluding hydrogens is 440 g/mol. The third-order valence-corrected chi connectivity index (χ3v) is 7.00. The summed E-state index contributed by atoms with van der Waals surface area (Å²) in [7, 11) is 0. The number of H-pyrrole nitrogens is 2. The Kier molecular flexibility index (Phi) is 4.66. The molecule has 0 spiro atoms. The van der Waals surface area contributed by atoms with E-state index < -0.39 is 0 Å². The van der Waals surface area contributed by atoms with E-state index in [9.17, 15) is 0 Å². The number of aromatic nitrogens is 7. The minimum Gasteiger partial charge on any atom is -0.356 e. The summed E-state index contributed by atoms with van der Waals surface area (Å²) in [5.74, 6) is 1.87. The van der Waals surface area contributed by atoms with Crippen LogP contribution in [0.15, 0.2) is 43.0 Å². The van der Waals surface area contributed by atoms with Crippen LogP contribution in [0.4, 0.5) is 11.6 Å². The molecule has 10 nitrogen and oxygen atoms in total. The highest BCUT2D eigenvalue weighted by molar-refractivity contribution is 5.99. The van der Waals surface area contributed by atoms with Crippen LogP contribution >= 0.6 is 0 Å². The van der Waals surface area contributed by atoms with Gasteiger partial charge in [0.15, 0.2) is 0 Å². The minimum absolute atomic E-state index is 0.199. The van der Waals surface area contributed by atoms with Gasteiger partial charge >= 0.3 is 0 Å². The first-order valence-corrected chi connectivity index (χ1v) is 12.1. The first-order chi connectivity index (χ1) is 17.2. The van der Waals surface area contributed by atoms with Crippen LogP contribution in [-0.2, 0) is 0 Å². The molecular formula is C25H26N10. The second-order valence-electron chi connectivity index (χ2n) is 9.44. The topological polar surface area (TPSA) is 129 Å². The molecule has 0 atom stereocenters. The van der Waals surface area contributed by atoms with Crippen LogP contribution in [-0.4, -0.2) is 67.3 Å². The van der Waals surface area contributed by atoms with Crippen molar-refractivity contribution in [1.29, 1.82) is 0 Å². The van der Waals surface area contributed by atoms with Gasteiger partial charge in [-0.15, -0.1) is 0 Å². The number of hydrogen-bond donors (Lipinski definition) is 3. The zero-order chi connectivity index (χ0) is 23.4. The average Bonchev–Trinajstić information content (AvgIpc) is 3.51. The number of aromatic amines is 2. The Balaban J connectivity index is 1.28. The zero-order valence-corrected chi connectivity index (χ0v) is 19.3. The second kappa shape index (κ2) is 8.02. The maximum atomic E-state index is 5.94. The Hall–Kier alpha value is -4.05. The van der Waals surface area contributed by atoms with Crippen molar-refractivity contribution in [2.75, 3.05) is 36.0 Å². The molecule has 0 radical (unpaired) electrons. The fourth-order valence-electron chi connectivity index (χ4n) is 5.12. The van der Waals surface area contributed by atoms with E-state index in [4.69, 9.17) is 15.7 Å². The molecule has 0 bridgehead atoms. The van der Waals surface area contributed by atoms with Crippen molar-refractivity contribution in [3.63, 3.8) is 0 Å². The van der Waals surface area contributed by atoms with E-state index in [1.165, 1.54) is 19.3 Å². The van der Waals surface area contributed by atoms with E-state index in [2.05, 4.69) is 41.0 Å². The molecule has 2 aliphatic rings. The standard InChI is InChI=1S/C25H26N10/c26-15-13-35(14-15)23-12-27-10-22(31-23)19-8-16-21(11-29-19)32-33-24(16)20-9-17-18(30-20)4-5-28-25(17)34-6-2-1-3-7-34/h4-5,8-12,15,30H,1-3,6-7,13-14,26H2,(H,32,33). The molecule has 2 fully saturated rings. The van der Waals surface area contributed by atoms with E-state index in [0.717, 1.165) is 82.4 Å². The molecule has 0 aliphatic carbocycles. The summed E-state index contributed by atoms with van der Waals surface area (Å²) in [6.45, 7) is 3.70. The molecule has 4 N–H and O–H groups in total. The van der Waals surface area contributed by atoms with Crippen molar-refractivity contribution in [3.8, 4) is 22.8 Å². The van der Waals surface area contributed by atoms with E-state index in [1.54, 1.807) is 18.6 Å². The first kappa shape index (κ1) is 20.3. The largest absolute Gasteiger partial charge is 0.356 e. The van der Waals surface area contributed by atoms with Gasteiger partial charge in [0, 0.05) is 49.2 Å². The Bertz CT molecular complexity index is 1520. The fraction of sp³-hybridized carbons (Fsp3) is 0.320. The third-order valence-electron chi connectivity index (χ3n) is 7.00. The molecule has 5 aromatic rings. The van der Waals surface area contributed by atoms with Crippen molar-refractivity contribution >= 4 is 33.4 Å². The Labute approximate surface area is 201 Å². The summed E-state index contributed by atoms with van der Waals surface area (Å²) in [6.07, 6.45) is 10.9. The van der Waals surface area contributed by atoms with Gasteiger partial charge in [-0.1, -0.05) is 0 Å². The molecule has 7 heterocycles. The van der Waals surface area contributed by atoms with Gasteiger partial charge in [-0.25, -0.2) is 9.97 Å². The molecule has 7 rings (SSSR count). The van der Waals surface area contributed by atoms with Crippen molar-refractivity contribution in [2.24, 2.45) is 5.73 Å². The first-order valence-electron chi connectivity index (χ1n) is 12.1. The number of nitrogens with zero attached hydrogens (tertiary/aromatic N) is 7. The Morgan fingerprint density at radius 3 is 2.63 bits per heavy atom. The molecule has 0 aromatic carbocycles. The Morgan fingerprint density at radius 2 is 1.77 bits per heavy atom. The second-order valence-corrected chi connectivity index (χ2v) is 9.44. The van der Waals surface area contributed by atoms with Crippen LogP contribution in [0.3, 0.4) is 0 Å². The summed E-state index contributed by atoms with van der Waals surface area (Å²) in [6, 6.07) is 6.41. The van der Waals surface area contributed by atoms with Gasteiger partial charge in [-0.2, -0.15) is 5.10 Å². The van der Waals surface area contributed by atoms with Crippen molar-refractivity contribution in [3.05, 3.63) is 43.0 Å². The smallest absolute Gasteiger partial charge is 0.147 e. The van der Waals surface area contributed by atoms with Gasteiger partial charge < -0.3 is 20.5 Å². The predicted octanol–water partition coefficient (Wildman–Crippen LogP) is 3.10. The van der Waals surface area contributed by atoms with Crippen LogP contribution < -0.4 is 15.5 Å². The lowest BCUT2D eigenvalue weighted by atomic mass is 10.1. The van der Waals surface area contributed by atoms with Crippen LogP contribution in [0.25, 0.3) is 44.6 Å². The molecule has 5 aromatic heterocycles. The lowest BCUT2D eigenvalue weighted by molar-refractivity contribution is 0.514. The number of pyridine rings is 2. The molecule has 0 amide bonds. The van der Waals surface area contributed by atoms with Crippen LogP contribution in [0.1, 0.15) is 19.3 Å². The van der Waals surface area contributed by atoms with E-state index in [-0.39, 0.29) is 6.04 Å². The molecule has 10 heteroatoms. The van der Waals surface area contributed by atoms with Crippen LogP contribution in [0, 0.1) is 0 Å². The monoisotopic (exact) mass is 466 g/mol. The molecule has 2 saturated heterocycles. The van der Waals surface area contributed by atoms with Crippen molar-refractivity contribution in [2.45, 2.75) is 25.3 Å². The van der Waals surface area contributed by atoms with Gasteiger partial charge in [-0.3, -0.25) is 15.1 Å². The number of anilines is 2. The summed E-state index contributed by atoms with van der Waals surface area (Å²) in [4.78, 5) is 26.6.